The number of aromatic hydroxyl groups is 1. The van der Waals surface area contributed by atoms with E-state index in [4.69, 9.17) is 4.74 Å². The molecule has 0 aliphatic rings. The monoisotopic (exact) mass is 327 g/mol. The summed E-state index contributed by atoms with van der Waals surface area (Å²) >= 11 is 0. The first-order valence-corrected chi connectivity index (χ1v) is 8.37. The first-order chi connectivity index (χ1) is 11.7. The maximum Gasteiger partial charge on any atom is 0.220 e. The minimum atomic E-state index is -0.00522. The Morgan fingerprint density at radius 3 is 2.58 bits per heavy atom. The van der Waals surface area contributed by atoms with Gasteiger partial charge in [0.15, 0.2) is 0 Å². The van der Waals surface area contributed by atoms with Crippen molar-refractivity contribution in [3.8, 4) is 5.75 Å². The summed E-state index contributed by atoms with van der Waals surface area (Å²) in [5.74, 6) is 0.239. The summed E-state index contributed by atoms with van der Waals surface area (Å²) in [7, 11) is 0. The van der Waals surface area contributed by atoms with Crippen LogP contribution in [0.1, 0.15) is 37.0 Å². The minimum absolute atomic E-state index is 0.00522. The lowest BCUT2D eigenvalue weighted by molar-refractivity contribution is -0.121. The number of carbonyl (C=O) groups excluding carboxylic acids is 1. The van der Waals surface area contributed by atoms with Crippen LogP contribution in [-0.2, 0) is 16.0 Å². The Bertz CT molecular complexity index is 628. The Labute approximate surface area is 143 Å². The van der Waals surface area contributed by atoms with Gasteiger partial charge in [-0.3, -0.25) is 4.79 Å². The van der Waals surface area contributed by atoms with Crippen LogP contribution in [0.15, 0.2) is 54.6 Å². The van der Waals surface area contributed by atoms with Gasteiger partial charge in [-0.1, -0.05) is 48.5 Å². The largest absolute Gasteiger partial charge is 0.508 e. The minimum Gasteiger partial charge on any atom is -0.508 e. The molecule has 4 heteroatoms. The Hall–Kier alpha value is -2.33. The lowest BCUT2D eigenvalue weighted by atomic mass is 10.1. The molecule has 4 nitrogen and oxygen atoms in total. The quantitative estimate of drug-likeness (QED) is 0.692. The predicted molar refractivity (Wildman–Crippen MR) is 94.9 cm³/mol. The van der Waals surface area contributed by atoms with Crippen LogP contribution in [0.3, 0.4) is 0 Å². The van der Waals surface area contributed by atoms with Crippen molar-refractivity contribution in [3.63, 3.8) is 0 Å². The van der Waals surface area contributed by atoms with Crippen LogP contribution in [0, 0.1) is 0 Å². The molecule has 2 rings (SSSR count). The summed E-state index contributed by atoms with van der Waals surface area (Å²) in [4.78, 5) is 11.8. The van der Waals surface area contributed by atoms with Crippen molar-refractivity contribution in [2.24, 2.45) is 0 Å². The summed E-state index contributed by atoms with van der Waals surface area (Å²) in [6.45, 7) is 3.23. The van der Waals surface area contributed by atoms with Crippen molar-refractivity contribution in [1.82, 2.24) is 5.32 Å². The van der Waals surface area contributed by atoms with Gasteiger partial charge in [0.05, 0.1) is 6.10 Å². The zero-order valence-electron chi connectivity index (χ0n) is 14.1. The van der Waals surface area contributed by atoms with Gasteiger partial charge in [0, 0.05) is 19.6 Å². The Kier molecular flexibility index (Phi) is 7.30. The van der Waals surface area contributed by atoms with E-state index in [0.29, 0.717) is 26.0 Å². The van der Waals surface area contributed by atoms with Crippen LogP contribution >= 0.6 is 0 Å². The standard InChI is InChI=1S/C20H25NO3/c1-16(17-8-3-2-4-9-17)24-15-7-14-21-20(23)13-12-18-10-5-6-11-19(18)22/h2-6,8-11,16,22H,7,12-15H2,1H3,(H,21,23). The van der Waals surface area contributed by atoms with E-state index in [2.05, 4.69) is 5.32 Å². The Balaban J connectivity index is 1.57. The smallest absolute Gasteiger partial charge is 0.220 e. The number of para-hydroxylation sites is 1. The molecule has 0 aliphatic carbocycles. The fraction of sp³-hybridized carbons (Fsp3) is 0.350. The highest BCUT2D eigenvalue weighted by Crippen LogP contribution is 2.17. The predicted octanol–water partition coefficient (Wildman–Crippen LogP) is 3.61. The van der Waals surface area contributed by atoms with Gasteiger partial charge in [0.1, 0.15) is 5.75 Å². The molecule has 0 saturated heterocycles. The maximum absolute atomic E-state index is 11.8. The normalized spacial score (nSPS) is 11.9. The molecule has 1 amide bonds. The van der Waals surface area contributed by atoms with Gasteiger partial charge >= 0.3 is 0 Å². The second-order valence-corrected chi connectivity index (χ2v) is 5.76. The molecule has 0 saturated carbocycles. The van der Waals surface area contributed by atoms with E-state index in [1.807, 2.05) is 49.4 Å². The number of phenolic OH excluding ortho intramolecular Hbond substituents is 1. The van der Waals surface area contributed by atoms with Crippen LogP contribution in [0.2, 0.25) is 0 Å². The van der Waals surface area contributed by atoms with Crippen molar-refractivity contribution >= 4 is 5.91 Å². The Morgan fingerprint density at radius 2 is 1.83 bits per heavy atom. The third-order valence-electron chi connectivity index (χ3n) is 3.89. The summed E-state index contributed by atoms with van der Waals surface area (Å²) in [5, 5.41) is 12.6. The van der Waals surface area contributed by atoms with Crippen LogP contribution in [0.4, 0.5) is 0 Å². The maximum atomic E-state index is 11.8. The van der Waals surface area contributed by atoms with Crippen LogP contribution in [0.25, 0.3) is 0 Å². The number of benzene rings is 2. The van der Waals surface area contributed by atoms with E-state index in [9.17, 15) is 9.90 Å². The van der Waals surface area contributed by atoms with Gasteiger partial charge in [0.2, 0.25) is 5.91 Å². The van der Waals surface area contributed by atoms with Crippen LogP contribution in [0.5, 0.6) is 5.75 Å². The molecule has 0 radical (unpaired) electrons. The molecule has 1 unspecified atom stereocenters. The third kappa shape index (κ3) is 6.05. The number of phenols is 1. The van der Waals surface area contributed by atoms with E-state index in [1.165, 1.54) is 0 Å². The van der Waals surface area contributed by atoms with Gasteiger partial charge in [-0.15, -0.1) is 0 Å². The average molecular weight is 327 g/mol. The zero-order valence-corrected chi connectivity index (χ0v) is 14.1. The molecule has 0 aromatic heterocycles. The molecule has 0 spiro atoms. The molecular weight excluding hydrogens is 302 g/mol. The topological polar surface area (TPSA) is 58.6 Å². The molecule has 0 fully saturated rings. The SMILES string of the molecule is CC(OCCCNC(=O)CCc1ccccc1O)c1ccccc1. The van der Waals surface area contributed by atoms with Gasteiger partial charge in [-0.05, 0) is 37.0 Å². The first kappa shape index (κ1) is 18.0. The average Bonchev–Trinajstić information content (AvgIpc) is 2.61. The number of carbonyl (C=O) groups is 1. The molecule has 128 valence electrons. The van der Waals surface area contributed by atoms with E-state index in [-0.39, 0.29) is 17.8 Å². The fourth-order valence-electron chi connectivity index (χ4n) is 2.44. The van der Waals surface area contributed by atoms with E-state index in [0.717, 1.165) is 17.5 Å². The van der Waals surface area contributed by atoms with Crippen molar-refractivity contribution in [2.75, 3.05) is 13.2 Å². The first-order valence-electron chi connectivity index (χ1n) is 8.37. The van der Waals surface area contributed by atoms with E-state index >= 15 is 0 Å². The van der Waals surface area contributed by atoms with Crippen molar-refractivity contribution < 1.29 is 14.6 Å². The lowest BCUT2D eigenvalue weighted by Gasteiger charge is -2.13. The number of hydrogen-bond donors (Lipinski definition) is 2. The number of hydrogen-bond acceptors (Lipinski definition) is 3. The summed E-state index contributed by atoms with van der Waals surface area (Å²) in [5.41, 5.74) is 1.96. The number of amides is 1. The fourth-order valence-corrected chi connectivity index (χ4v) is 2.44. The van der Waals surface area contributed by atoms with Crippen LogP contribution in [-0.4, -0.2) is 24.2 Å². The number of nitrogens with one attached hydrogen (secondary N) is 1. The third-order valence-corrected chi connectivity index (χ3v) is 3.89. The molecule has 2 aromatic carbocycles. The van der Waals surface area contributed by atoms with Gasteiger partial charge in [-0.2, -0.15) is 0 Å². The molecule has 2 N–H and O–H groups in total. The highest BCUT2D eigenvalue weighted by atomic mass is 16.5. The molecule has 0 heterocycles. The van der Waals surface area contributed by atoms with Gasteiger partial charge in [-0.25, -0.2) is 0 Å². The lowest BCUT2D eigenvalue weighted by Crippen LogP contribution is -2.25. The molecular formula is C20H25NO3. The van der Waals surface area contributed by atoms with Crippen molar-refractivity contribution in [1.29, 1.82) is 0 Å². The zero-order chi connectivity index (χ0) is 17.2. The van der Waals surface area contributed by atoms with Gasteiger partial charge in [0.25, 0.3) is 0 Å². The molecule has 0 aliphatic heterocycles. The van der Waals surface area contributed by atoms with Gasteiger partial charge < -0.3 is 15.2 Å². The summed E-state index contributed by atoms with van der Waals surface area (Å²) < 4.78 is 5.77. The molecule has 24 heavy (non-hydrogen) atoms. The Morgan fingerprint density at radius 1 is 1.12 bits per heavy atom. The number of aryl methyl sites for hydroxylation is 1. The highest BCUT2D eigenvalue weighted by Gasteiger charge is 2.06. The summed E-state index contributed by atoms with van der Waals surface area (Å²) in [6, 6.07) is 17.2. The molecule has 1 atom stereocenters. The van der Waals surface area contributed by atoms with Crippen molar-refractivity contribution in [2.45, 2.75) is 32.3 Å². The molecule has 2 aromatic rings. The second-order valence-electron chi connectivity index (χ2n) is 5.76. The highest BCUT2D eigenvalue weighted by molar-refractivity contribution is 5.76. The summed E-state index contributed by atoms with van der Waals surface area (Å²) in [6.07, 6.45) is 1.75. The number of ether oxygens (including phenoxy) is 1. The second kappa shape index (κ2) is 9.73. The van der Waals surface area contributed by atoms with Crippen LogP contribution < -0.4 is 5.32 Å². The van der Waals surface area contributed by atoms with Crippen molar-refractivity contribution in [3.05, 3.63) is 65.7 Å². The molecule has 0 bridgehead atoms. The van der Waals surface area contributed by atoms with E-state index < -0.39 is 0 Å². The number of rotatable bonds is 9. The van der Waals surface area contributed by atoms with E-state index in [1.54, 1.807) is 12.1 Å².